The topological polar surface area (TPSA) is 60.9 Å². The number of carbonyl (C=O) groups is 1. The number of aryl methyl sites for hydroxylation is 1. The first kappa shape index (κ1) is 15.9. The van der Waals surface area contributed by atoms with Gasteiger partial charge in [-0.3, -0.25) is 9.36 Å². The maximum absolute atomic E-state index is 12.9. The zero-order valence-corrected chi connectivity index (χ0v) is 14.5. The van der Waals surface area contributed by atoms with Gasteiger partial charge in [-0.2, -0.15) is 0 Å². The molecule has 0 N–H and O–H groups in total. The zero-order chi connectivity index (χ0) is 17.6. The summed E-state index contributed by atoms with van der Waals surface area (Å²) in [5.74, 6) is 0.579. The summed E-state index contributed by atoms with van der Waals surface area (Å²) in [6, 6.07) is 12.5. The third-order valence-electron chi connectivity index (χ3n) is 3.82. The monoisotopic (exact) mass is 371 g/mol. The third kappa shape index (κ3) is 2.71. The van der Waals surface area contributed by atoms with Crippen LogP contribution in [0.5, 0.6) is 0 Å². The Bertz CT molecular complexity index is 1110. The molecule has 4 aromatic rings. The Morgan fingerprint density at radius 3 is 2.68 bits per heavy atom. The van der Waals surface area contributed by atoms with Crippen molar-refractivity contribution in [3.8, 4) is 11.5 Å². The maximum atomic E-state index is 12.9. The number of nitrogens with zero attached hydrogens (tertiary/aromatic N) is 3. The van der Waals surface area contributed by atoms with Crippen LogP contribution in [0, 0.1) is 6.92 Å². The smallest absolute Gasteiger partial charge is 0.285 e. The first-order valence-electron chi connectivity index (χ1n) is 7.44. The molecule has 5 nitrogen and oxygen atoms in total. The molecule has 7 heteroatoms. The number of imidazole rings is 1. The lowest BCUT2D eigenvalue weighted by molar-refractivity contribution is 0.0957. The Morgan fingerprint density at radius 2 is 1.88 bits per heavy atom. The summed E-state index contributed by atoms with van der Waals surface area (Å²) >= 11 is 11.9. The van der Waals surface area contributed by atoms with Crippen LogP contribution in [0.2, 0.25) is 10.0 Å². The van der Waals surface area contributed by atoms with Crippen LogP contribution in [-0.2, 0) is 0 Å². The van der Waals surface area contributed by atoms with Crippen LogP contribution in [-0.4, -0.2) is 20.4 Å². The molecule has 4 rings (SSSR count). The molecular formula is C18H11Cl2N3O2. The second-order valence-electron chi connectivity index (χ2n) is 5.46. The first-order chi connectivity index (χ1) is 12.0. The van der Waals surface area contributed by atoms with Crippen molar-refractivity contribution in [1.29, 1.82) is 0 Å². The number of hydrogen-bond acceptors (Lipinski definition) is 4. The number of oxazole rings is 1. The van der Waals surface area contributed by atoms with Crippen LogP contribution < -0.4 is 0 Å². The van der Waals surface area contributed by atoms with Crippen molar-refractivity contribution in [2.45, 2.75) is 6.92 Å². The highest BCUT2D eigenvalue weighted by Crippen LogP contribution is 2.28. The van der Waals surface area contributed by atoms with Gasteiger partial charge in [-0.1, -0.05) is 35.3 Å². The average molecular weight is 372 g/mol. The lowest BCUT2D eigenvalue weighted by Gasteiger charge is -2.02. The summed E-state index contributed by atoms with van der Waals surface area (Å²) in [7, 11) is 0. The molecule has 0 atom stereocenters. The van der Waals surface area contributed by atoms with E-state index in [4.69, 9.17) is 27.6 Å². The summed E-state index contributed by atoms with van der Waals surface area (Å²) < 4.78 is 6.97. The second kappa shape index (κ2) is 6.02. The highest BCUT2D eigenvalue weighted by atomic mass is 35.5. The number of carbonyl (C=O) groups excluding carboxylic acids is 1. The van der Waals surface area contributed by atoms with Crippen LogP contribution in [0.15, 0.2) is 53.1 Å². The van der Waals surface area contributed by atoms with Crippen molar-refractivity contribution in [1.82, 2.24) is 14.5 Å². The molecule has 0 aliphatic rings. The standard InChI is InChI=1S/C18H11Cl2N3O2/c1-10-21-14-4-2-3-5-16(14)23(10)18(24)15-9-25-17(22-15)11-6-7-12(19)13(20)8-11/h2-9H,1H3. The quantitative estimate of drug-likeness (QED) is 0.497. The van der Waals surface area contributed by atoms with E-state index in [1.54, 1.807) is 25.1 Å². The number of halogens is 2. The van der Waals surface area contributed by atoms with Gasteiger partial charge in [0.2, 0.25) is 5.89 Å². The van der Waals surface area contributed by atoms with E-state index in [-0.39, 0.29) is 11.6 Å². The molecule has 0 unspecified atom stereocenters. The first-order valence-corrected chi connectivity index (χ1v) is 8.20. The second-order valence-corrected chi connectivity index (χ2v) is 6.27. The molecule has 0 fully saturated rings. The van der Waals surface area contributed by atoms with Gasteiger partial charge in [0.1, 0.15) is 12.1 Å². The fraction of sp³-hybridized carbons (Fsp3) is 0.0556. The van der Waals surface area contributed by atoms with Crippen LogP contribution in [0.3, 0.4) is 0 Å². The zero-order valence-electron chi connectivity index (χ0n) is 13.0. The van der Waals surface area contributed by atoms with Gasteiger partial charge in [0, 0.05) is 5.56 Å². The van der Waals surface area contributed by atoms with Gasteiger partial charge in [0.25, 0.3) is 5.91 Å². The molecule has 0 saturated carbocycles. The van der Waals surface area contributed by atoms with Crippen molar-refractivity contribution in [3.63, 3.8) is 0 Å². The summed E-state index contributed by atoms with van der Waals surface area (Å²) in [4.78, 5) is 21.5. The Morgan fingerprint density at radius 1 is 1.08 bits per heavy atom. The predicted octanol–water partition coefficient (Wildman–Crippen LogP) is 5.00. The normalized spacial score (nSPS) is 11.2. The minimum Gasteiger partial charge on any atom is -0.444 e. The van der Waals surface area contributed by atoms with E-state index < -0.39 is 0 Å². The van der Waals surface area contributed by atoms with Crippen molar-refractivity contribution in [2.24, 2.45) is 0 Å². The molecule has 2 heterocycles. The number of rotatable bonds is 2. The highest BCUT2D eigenvalue weighted by molar-refractivity contribution is 6.42. The fourth-order valence-corrected chi connectivity index (χ4v) is 2.95. The number of aromatic nitrogens is 3. The van der Waals surface area contributed by atoms with Gasteiger partial charge in [0.15, 0.2) is 5.69 Å². The molecule has 0 aliphatic carbocycles. The molecule has 25 heavy (non-hydrogen) atoms. The van der Waals surface area contributed by atoms with E-state index >= 15 is 0 Å². The predicted molar refractivity (Wildman–Crippen MR) is 96.2 cm³/mol. The van der Waals surface area contributed by atoms with Gasteiger partial charge in [0.05, 0.1) is 21.1 Å². The van der Waals surface area contributed by atoms with E-state index in [1.807, 2.05) is 24.3 Å². The van der Waals surface area contributed by atoms with E-state index in [0.717, 1.165) is 11.0 Å². The SMILES string of the molecule is Cc1nc2ccccc2n1C(=O)c1coc(-c2ccc(Cl)c(Cl)c2)n1. The Kier molecular flexibility index (Phi) is 3.82. The minimum atomic E-state index is -0.304. The highest BCUT2D eigenvalue weighted by Gasteiger charge is 2.20. The molecule has 2 aromatic heterocycles. The number of benzene rings is 2. The Labute approximate surface area is 152 Å². The van der Waals surface area contributed by atoms with E-state index in [9.17, 15) is 4.79 Å². The molecular weight excluding hydrogens is 361 g/mol. The summed E-state index contributed by atoms with van der Waals surface area (Å²) in [5.41, 5.74) is 2.30. The Hall–Kier alpha value is -2.63. The van der Waals surface area contributed by atoms with Crippen molar-refractivity contribution in [2.75, 3.05) is 0 Å². The van der Waals surface area contributed by atoms with Gasteiger partial charge in [-0.25, -0.2) is 9.97 Å². The number of fused-ring (bicyclic) bond motifs is 1. The lowest BCUT2D eigenvalue weighted by Crippen LogP contribution is -2.14. The van der Waals surface area contributed by atoms with Crippen LogP contribution in [0.4, 0.5) is 0 Å². The maximum Gasteiger partial charge on any atom is 0.285 e. The average Bonchev–Trinajstić information content (AvgIpc) is 3.21. The number of hydrogen-bond donors (Lipinski definition) is 0. The van der Waals surface area contributed by atoms with E-state index in [2.05, 4.69) is 9.97 Å². The summed E-state index contributed by atoms with van der Waals surface area (Å²) in [6.45, 7) is 1.78. The van der Waals surface area contributed by atoms with Crippen molar-refractivity contribution >= 4 is 40.1 Å². The largest absolute Gasteiger partial charge is 0.444 e. The van der Waals surface area contributed by atoms with E-state index in [1.165, 1.54) is 10.8 Å². The molecule has 0 amide bonds. The van der Waals surface area contributed by atoms with Gasteiger partial charge in [-0.05, 0) is 37.3 Å². The van der Waals surface area contributed by atoms with Gasteiger partial charge in [-0.15, -0.1) is 0 Å². The van der Waals surface area contributed by atoms with Crippen LogP contribution in [0.25, 0.3) is 22.5 Å². The molecule has 0 spiro atoms. The molecule has 124 valence electrons. The summed E-state index contributed by atoms with van der Waals surface area (Å²) in [5, 5.41) is 0.829. The lowest BCUT2D eigenvalue weighted by atomic mass is 10.2. The molecule has 0 saturated heterocycles. The minimum absolute atomic E-state index is 0.187. The molecule has 0 radical (unpaired) electrons. The Balaban J connectivity index is 1.75. The van der Waals surface area contributed by atoms with Crippen molar-refractivity contribution < 1.29 is 9.21 Å². The molecule has 0 bridgehead atoms. The van der Waals surface area contributed by atoms with Crippen LogP contribution >= 0.6 is 23.2 Å². The molecule has 0 aliphatic heterocycles. The van der Waals surface area contributed by atoms with Gasteiger partial charge < -0.3 is 4.42 Å². The molecule has 2 aromatic carbocycles. The number of para-hydroxylation sites is 2. The van der Waals surface area contributed by atoms with Crippen molar-refractivity contribution in [3.05, 3.63) is 70.3 Å². The summed E-state index contributed by atoms with van der Waals surface area (Å²) in [6.07, 6.45) is 1.33. The third-order valence-corrected chi connectivity index (χ3v) is 4.56. The van der Waals surface area contributed by atoms with E-state index in [0.29, 0.717) is 27.3 Å². The van der Waals surface area contributed by atoms with Gasteiger partial charge >= 0.3 is 0 Å². The fourth-order valence-electron chi connectivity index (χ4n) is 2.65. The van der Waals surface area contributed by atoms with Crippen LogP contribution in [0.1, 0.15) is 16.3 Å².